The molecule has 0 aliphatic rings. The molecule has 0 heterocycles. The van der Waals surface area contributed by atoms with Crippen molar-refractivity contribution in [2.75, 3.05) is 19.4 Å². The lowest BCUT2D eigenvalue weighted by Gasteiger charge is -2.06. The molecular weight excluding hydrogens is 294 g/mol. The number of carbonyl (C=O) groups is 2. The Morgan fingerprint density at radius 2 is 2.10 bits per heavy atom. The fraction of sp³-hybridized carbons (Fsp3) is 0.286. The van der Waals surface area contributed by atoms with Gasteiger partial charge in [0.1, 0.15) is 0 Å². The van der Waals surface area contributed by atoms with Crippen LogP contribution < -0.4 is 5.32 Å². The molecule has 0 atom stereocenters. The van der Waals surface area contributed by atoms with E-state index < -0.39 is 28.3 Å². The van der Waals surface area contributed by atoms with Crippen LogP contribution >= 0.6 is 0 Å². The summed E-state index contributed by atoms with van der Waals surface area (Å²) in [4.78, 5) is 23.0. The van der Waals surface area contributed by atoms with Crippen molar-refractivity contribution in [3.63, 3.8) is 0 Å². The fourth-order valence-corrected chi connectivity index (χ4v) is 2.29. The SMILES string of the molecule is C#CCNC(=O)COC(=O)c1cccc(CS(C)(=O)=O)c1. The Hall–Kier alpha value is -2.33. The quantitative estimate of drug-likeness (QED) is 0.596. The van der Waals surface area contributed by atoms with Gasteiger partial charge in [-0.3, -0.25) is 4.79 Å². The molecule has 0 saturated carbocycles. The van der Waals surface area contributed by atoms with Gasteiger partial charge in [0.15, 0.2) is 16.4 Å². The Morgan fingerprint density at radius 3 is 2.71 bits per heavy atom. The van der Waals surface area contributed by atoms with Crippen LogP contribution in [0.25, 0.3) is 0 Å². The molecular formula is C14H15NO5S. The predicted octanol–water partition coefficient (Wildman–Crippen LogP) is 0.137. The van der Waals surface area contributed by atoms with Gasteiger partial charge in [0.2, 0.25) is 0 Å². The van der Waals surface area contributed by atoms with Crippen LogP contribution in [0.15, 0.2) is 24.3 Å². The zero-order valence-corrected chi connectivity index (χ0v) is 12.3. The molecule has 0 aliphatic carbocycles. The smallest absolute Gasteiger partial charge is 0.338 e. The molecule has 6 nitrogen and oxygen atoms in total. The van der Waals surface area contributed by atoms with Crippen molar-refractivity contribution >= 4 is 21.7 Å². The zero-order valence-electron chi connectivity index (χ0n) is 11.5. The molecule has 1 amide bonds. The topological polar surface area (TPSA) is 89.5 Å². The molecule has 1 aromatic carbocycles. The number of hydrogen-bond acceptors (Lipinski definition) is 5. The number of rotatable bonds is 6. The normalized spacial score (nSPS) is 10.5. The largest absolute Gasteiger partial charge is 0.452 e. The van der Waals surface area contributed by atoms with Gasteiger partial charge in [0, 0.05) is 6.26 Å². The van der Waals surface area contributed by atoms with Crippen molar-refractivity contribution in [2.24, 2.45) is 0 Å². The van der Waals surface area contributed by atoms with Crippen molar-refractivity contribution < 1.29 is 22.7 Å². The lowest BCUT2D eigenvalue weighted by atomic mass is 10.1. The van der Waals surface area contributed by atoms with Gasteiger partial charge in [0.25, 0.3) is 5.91 Å². The maximum Gasteiger partial charge on any atom is 0.338 e. The van der Waals surface area contributed by atoms with E-state index in [0.29, 0.717) is 5.56 Å². The summed E-state index contributed by atoms with van der Waals surface area (Å²) in [5.74, 6) is 0.835. The molecule has 21 heavy (non-hydrogen) atoms. The third-order valence-corrected chi connectivity index (χ3v) is 3.17. The summed E-state index contributed by atoms with van der Waals surface area (Å²) in [5, 5.41) is 2.35. The number of ether oxygens (including phenoxy) is 1. The minimum atomic E-state index is -3.19. The van der Waals surface area contributed by atoms with Gasteiger partial charge >= 0.3 is 5.97 Å². The highest BCUT2D eigenvalue weighted by Gasteiger charge is 2.12. The molecule has 1 aromatic rings. The van der Waals surface area contributed by atoms with Crippen LogP contribution in [0.1, 0.15) is 15.9 Å². The first-order valence-corrected chi connectivity index (χ1v) is 8.02. The van der Waals surface area contributed by atoms with Crippen LogP contribution in [-0.2, 0) is 25.1 Å². The third-order valence-electron chi connectivity index (χ3n) is 2.31. The van der Waals surface area contributed by atoms with E-state index in [0.717, 1.165) is 6.26 Å². The Labute approximate surface area is 123 Å². The Morgan fingerprint density at radius 1 is 1.38 bits per heavy atom. The van der Waals surface area contributed by atoms with E-state index in [1.807, 2.05) is 0 Å². The molecule has 0 aromatic heterocycles. The van der Waals surface area contributed by atoms with E-state index >= 15 is 0 Å². The molecule has 0 fully saturated rings. The van der Waals surface area contributed by atoms with Crippen LogP contribution in [-0.4, -0.2) is 39.7 Å². The number of carbonyl (C=O) groups excluding carboxylic acids is 2. The molecule has 0 aliphatic heterocycles. The molecule has 0 saturated heterocycles. The minimum Gasteiger partial charge on any atom is -0.452 e. The highest BCUT2D eigenvalue weighted by atomic mass is 32.2. The van der Waals surface area contributed by atoms with Crippen molar-refractivity contribution in [2.45, 2.75) is 5.75 Å². The van der Waals surface area contributed by atoms with E-state index in [9.17, 15) is 18.0 Å². The number of sulfone groups is 1. The lowest BCUT2D eigenvalue weighted by molar-refractivity contribution is -0.123. The summed E-state index contributed by atoms with van der Waals surface area (Å²) < 4.78 is 27.2. The average Bonchev–Trinajstić information content (AvgIpc) is 2.40. The van der Waals surface area contributed by atoms with E-state index in [4.69, 9.17) is 11.2 Å². The lowest BCUT2D eigenvalue weighted by Crippen LogP contribution is -2.29. The van der Waals surface area contributed by atoms with E-state index in [2.05, 4.69) is 11.2 Å². The molecule has 0 spiro atoms. The maximum absolute atomic E-state index is 11.7. The summed E-state index contributed by atoms with van der Waals surface area (Å²) in [6.45, 7) is -0.392. The summed E-state index contributed by atoms with van der Waals surface area (Å²) in [7, 11) is -3.19. The Balaban J connectivity index is 2.65. The first-order valence-electron chi connectivity index (χ1n) is 5.96. The highest BCUT2D eigenvalue weighted by molar-refractivity contribution is 7.89. The first-order chi connectivity index (χ1) is 9.81. The minimum absolute atomic E-state index is 0.0558. The van der Waals surface area contributed by atoms with Gasteiger partial charge in [-0.15, -0.1) is 6.42 Å². The van der Waals surface area contributed by atoms with E-state index in [1.165, 1.54) is 12.1 Å². The molecule has 1 rings (SSSR count). The molecule has 0 bridgehead atoms. The van der Waals surface area contributed by atoms with Gasteiger partial charge in [-0.2, -0.15) is 0 Å². The fourth-order valence-electron chi connectivity index (χ4n) is 1.51. The molecule has 0 unspecified atom stereocenters. The average molecular weight is 309 g/mol. The van der Waals surface area contributed by atoms with Gasteiger partial charge in [-0.25, -0.2) is 13.2 Å². The van der Waals surface area contributed by atoms with Gasteiger partial charge in [-0.1, -0.05) is 18.1 Å². The maximum atomic E-state index is 11.7. The second-order valence-corrected chi connectivity index (χ2v) is 6.47. The van der Waals surface area contributed by atoms with E-state index in [1.54, 1.807) is 12.1 Å². The predicted molar refractivity (Wildman–Crippen MR) is 77.1 cm³/mol. The van der Waals surface area contributed by atoms with Gasteiger partial charge in [0.05, 0.1) is 17.9 Å². The van der Waals surface area contributed by atoms with Crippen LogP contribution in [0.2, 0.25) is 0 Å². The van der Waals surface area contributed by atoms with Crippen LogP contribution in [0, 0.1) is 12.3 Å². The first kappa shape index (κ1) is 16.7. The third kappa shape index (κ3) is 6.58. The summed E-state index contributed by atoms with van der Waals surface area (Å²) in [6, 6.07) is 6.04. The summed E-state index contributed by atoms with van der Waals surface area (Å²) >= 11 is 0. The van der Waals surface area contributed by atoms with Crippen molar-refractivity contribution in [1.82, 2.24) is 5.32 Å². The second-order valence-electron chi connectivity index (χ2n) is 4.33. The van der Waals surface area contributed by atoms with Crippen LogP contribution in [0.4, 0.5) is 0 Å². The number of amides is 1. The number of benzene rings is 1. The van der Waals surface area contributed by atoms with E-state index in [-0.39, 0.29) is 17.9 Å². The van der Waals surface area contributed by atoms with Gasteiger partial charge in [-0.05, 0) is 17.7 Å². The summed E-state index contributed by atoms with van der Waals surface area (Å²) in [5.41, 5.74) is 0.657. The highest BCUT2D eigenvalue weighted by Crippen LogP contribution is 2.10. The number of hydrogen-bond donors (Lipinski definition) is 1. The van der Waals surface area contributed by atoms with Crippen molar-refractivity contribution in [3.8, 4) is 12.3 Å². The summed E-state index contributed by atoms with van der Waals surface area (Å²) in [6.07, 6.45) is 6.07. The second kappa shape index (κ2) is 7.45. The molecule has 0 radical (unpaired) electrons. The number of esters is 1. The van der Waals surface area contributed by atoms with Crippen LogP contribution in [0.5, 0.6) is 0 Å². The zero-order chi connectivity index (χ0) is 15.9. The van der Waals surface area contributed by atoms with Gasteiger partial charge < -0.3 is 10.1 Å². The number of nitrogens with one attached hydrogen (secondary N) is 1. The van der Waals surface area contributed by atoms with Crippen molar-refractivity contribution in [1.29, 1.82) is 0 Å². The Kier molecular flexibility index (Phi) is 5.93. The standard InChI is InChI=1S/C14H15NO5S/c1-3-7-15-13(16)9-20-14(17)12-6-4-5-11(8-12)10-21(2,18)19/h1,4-6,8H,7,9-10H2,2H3,(H,15,16). The van der Waals surface area contributed by atoms with Crippen molar-refractivity contribution in [3.05, 3.63) is 35.4 Å². The molecule has 112 valence electrons. The number of terminal acetylenes is 1. The Bertz CT molecular complexity index is 673. The molecule has 1 N–H and O–H groups in total. The van der Waals surface area contributed by atoms with Crippen LogP contribution in [0.3, 0.4) is 0 Å². The molecule has 7 heteroatoms. The monoisotopic (exact) mass is 309 g/mol.